The Labute approximate surface area is 137 Å². The summed E-state index contributed by atoms with van der Waals surface area (Å²) >= 11 is 18.3. The number of benzene rings is 2. The fourth-order valence-electron chi connectivity index (χ4n) is 2.10. The van der Waals surface area contributed by atoms with Gasteiger partial charge in [0, 0.05) is 11.6 Å². The normalized spacial score (nSPS) is 13.1. The Kier molecular flexibility index (Phi) is 4.34. The van der Waals surface area contributed by atoms with Gasteiger partial charge < -0.3 is 14.8 Å². The summed E-state index contributed by atoms with van der Waals surface area (Å²) in [5.41, 5.74) is 1.75. The molecule has 0 unspecified atom stereocenters. The van der Waals surface area contributed by atoms with Gasteiger partial charge in [-0.15, -0.1) is 0 Å². The van der Waals surface area contributed by atoms with Crippen LogP contribution >= 0.6 is 34.8 Å². The monoisotopic (exact) mass is 343 g/mol. The highest BCUT2D eigenvalue weighted by molar-refractivity contribution is 6.35. The lowest BCUT2D eigenvalue weighted by atomic mass is 10.2. The zero-order chi connectivity index (χ0) is 14.8. The quantitative estimate of drug-likeness (QED) is 0.847. The van der Waals surface area contributed by atoms with Crippen LogP contribution < -0.4 is 14.8 Å². The molecule has 0 fully saturated rings. The molecule has 0 saturated heterocycles. The molecule has 2 aromatic carbocycles. The van der Waals surface area contributed by atoms with Crippen LogP contribution in [0.15, 0.2) is 30.3 Å². The summed E-state index contributed by atoms with van der Waals surface area (Å²) in [5.74, 6) is 1.27. The van der Waals surface area contributed by atoms with Crippen molar-refractivity contribution in [3.05, 3.63) is 51.0 Å². The lowest BCUT2D eigenvalue weighted by Gasteiger charge is -2.20. The predicted octanol–water partition coefficient (Wildman–Crippen LogP) is 5.03. The number of nitrogens with one attached hydrogen (secondary N) is 1. The van der Waals surface area contributed by atoms with Crippen molar-refractivity contribution < 1.29 is 9.47 Å². The molecule has 0 aromatic heterocycles. The maximum absolute atomic E-state index is 6.21. The molecule has 3 nitrogen and oxygen atoms in total. The first-order valence-electron chi connectivity index (χ1n) is 6.40. The number of rotatable bonds is 3. The van der Waals surface area contributed by atoms with E-state index in [2.05, 4.69) is 5.32 Å². The van der Waals surface area contributed by atoms with E-state index in [0.29, 0.717) is 46.3 Å². The minimum absolute atomic E-state index is 0.516. The molecule has 0 atom stereocenters. The van der Waals surface area contributed by atoms with Gasteiger partial charge in [-0.1, -0.05) is 34.8 Å². The molecule has 1 heterocycles. The van der Waals surface area contributed by atoms with Crippen molar-refractivity contribution in [2.45, 2.75) is 6.54 Å². The van der Waals surface area contributed by atoms with Crippen LogP contribution in [0.2, 0.25) is 15.1 Å². The first-order chi connectivity index (χ1) is 10.1. The first-order valence-corrected chi connectivity index (χ1v) is 7.54. The Morgan fingerprint density at radius 1 is 0.952 bits per heavy atom. The van der Waals surface area contributed by atoms with Crippen molar-refractivity contribution in [1.29, 1.82) is 0 Å². The molecule has 0 spiro atoms. The molecule has 0 aliphatic carbocycles. The van der Waals surface area contributed by atoms with Crippen LogP contribution in [0, 0.1) is 0 Å². The zero-order valence-corrected chi connectivity index (χ0v) is 13.2. The van der Waals surface area contributed by atoms with E-state index in [0.717, 1.165) is 11.3 Å². The molecule has 21 heavy (non-hydrogen) atoms. The Hall–Kier alpha value is -1.29. The van der Waals surface area contributed by atoms with Crippen molar-refractivity contribution in [3.63, 3.8) is 0 Å². The van der Waals surface area contributed by atoms with Gasteiger partial charge in [0.05, 0.1) is 15.7 Å². The van der Waals surface area contributed by atoms with E-state index in [1.54, 1.807) is 18.2 Å². The standard InChI is InChI=1S/C15H12Cl3NO2/c16-10-1-2-11(17)13(7-10)19-8-9-5-12(18)15-14(6-9)20-3-4-21-15/h1-2,5-7,19H,3-4,8H2. The van der Waals surface area contributed by atoms with Crippen molar-refractivity contribution in [2.75, 3.05) is 18.5 Å². The Bertz CT molecular complexity index is 676. The van der Waals surface area contributed by atoms with Crippen molar-refractivity contribution >= 4 is 40.5 Å². The highest BCUT2D eigenvalue weighted by Gasteiger charge is 2.16. The SMILES string of the molecule is Clc1ccc(Cl)c(NCc2cc(Cl)c3c(c2)OCCO3)c1. The molecule has 0 bridgehead atoms. The van der Waals surface area contributed by atoms with Crippen LogP contribution in [0.1, 0.15) is 5.56 Å². The van der Waals surface area contributed by atoms with Crippen LogP contribution in [0.4, 0.5) is 5.69 Å². The number of hydrogen-bond acceptors (Lipinski definition) is 3. The molecule has 0 radical (unpaired) electrons. The van der Waals surface area contributed by atoms with Crippen LogP contribution in [0.5, 0.6) is 11.5 Å². The Morgan fingerprint density at radius 3 is 2.62 bits per heavy atom. The predicted molar refractivity (Wildman–Crippen MR) is 86.2 cm³/mol. The summed E-state index contributed by atoms with van der Waals surface area (Å²) < 4.78 is 11.0. The number of hydrogen-bond donors (Lipinski definition) is 1. The number of fused-ring (bicyclic) bond motifs is 1. The largest absolute Gasteiger partial charge is 0.486 e. The number of anilines is 1. The maximum atomic E-state index is 6.21. The van der Waals surface area contributed by atoms with E-state index in [9.17, 15) is 0 Å². The van der Waals surface area contributed by atoms with Gasteiger partial charge in [0.15, 0.2) is 11.5 Å². The first kappa shape index (κ1) is 14.6. The van der Waals surface area contributed by atoms with Crippen molar-refractivity contribution in [1.82, 2.24) is 0 Å². The highest BCUT2D eigenvalue weighted by Crippen LogP contribution is 2.38. The molecule has 0 saturated carbocycles. The Balaban J connectivity index is 1.79. The van der Waals surface area contributed by atoms with E-state index in [4.69, 9.17) is 44.3 Å². The average Bonchev–Trinajstić information content (AvgIpc) is 2.48. The van der Waals surface area contributed by atoms with Crippen LogP contribution in [0.3, 0.4) is 0 Å². The van der Waals surface area contributed by atoms with Gasteiger partial charge in [-0.2, -0.15) is 0 Å². The average molecular weight is 345 g/mol. The summed E-state index contributed by atoms with van der Waals surface area (Å²) in [6, 6.07) is 9.04. The Morgan fingerprint density at radius 2 is 1.76 bits per heavy atom. The summed E-state index contributed by atoms with van der Waals surface area (Å²) in [6.45, 7) is 1.60. The van der Waals surface area contributed by atoms with Crippen molar-refractivity contribution in [3.8, 4) is 11.5 Å². The van der Waals surface area contributed by atoms with Crippen LogP contribution in [-0.4, -0.2) is 13.2 Å². The van der Waals surface area contributed by atoms with Gasteiger partial charge >= 0.3 is 0 Å². The van der Waals surface area contributed by atoms with Gasteiger partial charge in [0.1, 0.15) is 13.2 Å². The molecule has 0 amide bonds. The van der Waals surface area contributed by atoms with Gasteiger partial charge in [-0.25, -0.2) is 0 Å². The van der Waals surface area contributed by atoms with Gasteiger partial charge in [-0.05, 0) is 35.9 Å². The van der Waals surface area contributed by atoms with E-state index >= 15 is 0 Å². The van der Waals surface area contributed by atoms with Gasteiger partial charge in [0.2, 0.25) is 0 Å². The van der Waals surface area contributed by atoms with E-state index in [1.807, 2.05) is 12.1 Å². The maximum Gasteiger partial charge on any atom is 0.179 e. The molecular weight excluding hydrogens is 333 g/mol. The third-order valence-electron chi connectivity index (χ3n) is 3.07. The second-order valence-corrected chi connectivity index (χ2v) is 5.83. The lowest BCUT2D eigenvalue weighted by molar-refractivity contribution is 0.171. The van der Waals surface area contributed by atoms with Gasteiger partial charge in [0.25, 0.3) is 0 Å². The third-order valence-corrected chi connectivity index (χ3v) is 3.91. The summed E-state index contributed by atoms with van der Waals surface area (Å²) in [4.78, 5) is 0. The second kappa shape index (κ2) is 6.22. The molecular formula is C15H12Cl3NO2. The minimum atomic E-state index is 0.516. The molecule has 2 aromatic rings. The summed E-state index contributed by atoms with van der Waals surface area (Å²) in [6.07, 6.45) is 0. The minimum Gasteiger partial charge on any atom is -0.486 e. The third kappa shape index (κ3) is 3.31. The molecule has 1 aliphatic heterocycles. The van der Waals surface area contributed by atoms with E-state index in [1.165, 1.54) is 0 Å². The lowest BCUT2D eigenvalue weighted by Crippen LogP contribution is -2.16. The van der Waals surface area contributed by atoms with Crippen LogP contribution in [0.25, 0.3) is 0 Å². The zero-order valence-electron chi connectivity index (χ0n) is 11.0. The van der Waals surface area contributed by atoms with E-state index in [-0.39, 0.29) is 0 Å². The van der Waals surface area contributed by atoms with Crippen LogP contribution in [-0.2, 0) is 6.54 Å². The molecule has 3 rings (SSSR count). The molecule has 110 valence electrons. The summed E-state index contributed by atoms with van der Waals surface area (Å²) in [5, 5.41) is 5.02. The fourth-order valence-corrected chi connectivity index (χ4v) is 2.74. The van der Waals surface area contributed by atoms with Gasteiger partial charge in [-0.3, -0.25) is 0 Å². The number of halogens is 3. The molecule has 1 aliphatic rings. The van der Waals surface area contributed by atoms with Crippen molar-refractivity contribution in [2.24, 2.45) is 0 Å². The summed E-state index contributed by atoms with van der Waals surface area (Å²) in [7, 11) is 0. The molecule has 1 N–H and O–H groups in total. The topological polar surface area (TPSA) is 30.5 Å². The smallest absolute Gasteiger partial charge is 0.179 e. The highest BCUT2D eigenvalue weighted by atomic mass is 35.5. The second-order valence-electron chi connectivity index (χ2n) is 4.58. The van der Waals surface area contributed by atoms with E-state index < -0.39 is 0 Å². The molecule has 6 heteroatoms. The number of ether oxygens (including phenoxy) is 2. The fraction of sp³-hybridized carbons (Fsp3) is 0.200.